The quantitative estimate of drug-likeness (QED) is 0.835. The lowest BCUT2D eigenvalue weighted by Crippen LogP contribution is -2.32. The molecule has 0 radical (unpaired) electrons. The van der Waals surface area contributed by atoms with Crippen LogP contribution < -0.4 is 5.32 Å². The summed E-state index contributed by atoms with van der Waals surface area (Å²) in [6.45, 7) is 6.40. The summed E-state index contributed by atoms with van der Waals surface area (Å²) in [6.07, 6.45) is 3.30. The van der Waals surface area contributed by atoms with Gasteiger partial charge in [0, 0.05) is 24.5 Å². The first kappa shape index (κ1) is 13.6. The number of pyridine rings is 1. The molecule has 0 saturated carbocycles. The van der Waals surface area contributed by atoms with Crippen molar-refractivity contribution in [1.82, 2.24) is 10.3 Å². The number of rotatable bonds is 4. The summed E-state index contributed by atoms with van der Waals surface area (Å²) >= 11 is 0. The van der Waals surface area contributed by atoms with Crippen molar-refractivity contribution in [1.29, 1.82) is 0 Å². The molecule has 1 heterocycles. The molecule has 1 amide bonds. The number of nitrogens with zero attached hydrogens (tertiary/aromatic N) is 1. The van der Waals surface area contributed by atoms with Crippen molar-refractivity contribution in [2.75, 3.05) is 6.54 Å². The molecular weight excluding hydrogens is 216 g/mol. The maximum atomic E-state index is 11.7. The third-order valence-corrected chi connectivity index (χ3v) is 2.65. The topological polar surface area (TPSA) is 62.2 Å². The summed E-state index contributed by atoms with van der Waals surface area (Å²) in [4.78, 5) is 15.5. The van der Waals surface area contributed by atoms with Gasteiger partial charge in [-0.2, -0.15) is 0 Å². The highest BCUT2D eigenvalue weighted by Gasteiger charge is 2.21. The third kappa shape index (κ3) is 4.53. The Morgan fingerprint density at radius 2 is 2.00 bits per heavy atom. The fourth-order valence-electron chi connectivity index (χ4n) is 1.36. The van der Waals surface area contributed by atoms with Crippen LogP contribution in [0.2, 0.25) is 0 Å². The van der Waals surface area contributed by atoms with Gasteiger partial charge in [0.1, 0.15) is 0 Å². The Hall–Kier alpha value is -1.42. The number of carbonyl (C=O) groups excluding carboxylic acids is 1. The molecule has 0 saturated heterocycles. The fraction of sp³-hybridized carbons (Fsp3) is 0.538. The van der Waals surface area contributed by atoms with Crippen molar-refractivity contribution < 1.29 is 9.90 Å². The number of aliphatic hydroxyl groups is 1. The Balaban J connectivity index is 2.35. The van der Waals surface area contributed by atoms with E-state index in [9.17, 15) is 9.90 Å². The standard InChI is InChI=1S/C13H20N2O2/c1-13(2,3)11(16)6-9-15-12(17)10-4-7-14-8-5-10/h4-5,7-8,11,16H,6,9H2,1-3H3,(H,15,17)/t11-/m1/s1. The first-order valence-corrected chi connectivity index (χ1v) is 5.77. The van der Waals surface area contributed by atoms with Gasteiger partial charge >= 0.3 is 0 Å². The lowest BCUT2D eigenvalue weighted by Gasteiger charge is -2.25. The maximum absolute atomic E-state index is 11.7. The van der Waals surface area contributed by atoms with Gasteiger partial charge in [0.25, 0.3) is 5.91 Å². The Morgan fingerprint density at radius 3 is 2.53 bits per heavy atom. The van der Waals surface area contributed by atoms with E-state index in [1.807, 2.05) is 20.8 Å². The Kier molecular flexibility index (Phi) is 4.63. The fourth-order valence-corrected chi connectivity index (χ4v) is 1.36. The van der Waals surface area contributed by atoms with E-state index in [1.54, 1.807) is 24.5 Å². The molecule has 0 unspecified atom stereocenters. The van der Waals surface area contributed by atoms with Crippen LogP contribution in [0.25, 0.3) is 0 Å². The summed E-state index contributed by atoms with van der Waals surface area (Å²) in [6, 6.07) is 3.32. The molecule has 0 aromatic carbocycles. The van der Waals surface area contributed by atoms with Gasteiger partial charge in [-0.1, -0.05) is 20.8 Å². The molecule has 4 nitrogen and oxygen atoms in total. The molecule has 1 aromatic rings. The number of aromatic nitrogens is 1. The van der Waals surface area contributed by atoms with Crippen molar-refractivity contribution >= 4 is 5.91 Å². The van der Waals surface area contributed by atoms with Crippen LogP contribution in [0.3, 0.4) is 0 Å². The molecular formula is C13H20N2O2. The van der Waals surface area contributed by atoms with Crippen LogP contribution in [0.4, 0.5) is 0 Å². The minimum Gasteiger partial charge on any atom is -0.393 e. The third-order valence-electron chi connectivity index (χ3n) is 2.65. The second-order valence-electron chi connectivity index (χ2n) is 5.16. The van der Waals surface area contributed by atoms with Crippen LogP contribution >= 0.6 is 0 Å². The van der Waals surface area contributed by atoms with Gasteiger partial charge in [-0.15, -0.1) is 0 Å². The number of aliphatic hydroxyl groups excluding tert-OH is 1. The highest BCUT2D eigenvalue weighted by molar-refractivity contribution is 5.93. The molecule has 1 atom stereocenters. The SMILES string of the molecule is CC(C)(C)[C@H](O)CCNC(=O)c1ccncc1. The van der Waals surface area contributed by atoms with Crippen LogP contribution in [-0.4, -0.2) is 28.6 Å². The molecule has 1 aromatic heterocycles. The minimum atomic E-state index is -0.416. The summed E-state index contributed by atoms with van der Waals surface area (Å²) in [7, 11) is 0. The minimum absolute atomic E-state index is 0.131. The maximum Gasteiger partial charge on any atom is 0.251 e. The van der Waals surface area contributed by atoms with Crippen molar-refractivity contribution in [2.45, 2.75) is 33.3 Å². The van der Waals surface area contributed by atoms with Crippen molar-refractivity contribution in [2.24, 2.45) is 5.41 Å². The summed E-state index contributed by atoms with van der Waals surface area (Å²) < 4.78 is 0. The molecule has 0 bridgehead atoms. The second kappa shape index (κ2) is 5.77. The summed E-state index contributed by atoms with van der Waals surface area (Å²) in [5.74, 6) is -0.131. The Bertz CT molecular complexity index is 357. The second-order valence-corrected chi connectivity index (χ2v) is 5.16. The molecule has 0 aliphatic heterocycles. The van der Waals surface area contributed by atoms with E-state index in [-0.39, 0.29) is 11.3 Å². The molecule has 0 spiro atoms. The molecule has 0 aliphatic carbocycles. The first-order valence-electron chi connectivity index (χ1n) is 5.77. The van der Waals surface area contributed by atoms with Gasteiger partial charge < -0.3 is 10.4 Å². The number of hydrogen-bond donors (Lipinski definition) is 2. The molecule has 2 N–H and O–H groups in total. The lowest BCUT2D eigenvalue weighted by molar-refractivity contribution is 0.0551. The smallest absolute Gasteiger partial charge is 0.251 e. The normalized spacial score (nSPS) is 13.2. The van der Waals surface area contributed by atoms with E-state index in [4.69, 9.17) is 0 Å². The monoisotopic (exact) mass is 236 g/mol. The predicted molar refractivity (Wildman–Crippen MR) is 66.6 cm³/mol. The van der Waals surface area contributed by atoms with Gasteiger partial charge in [0.15, 0.2) is 0 Å². The van der Waals surface area contributed by atoms with Crippen molar-refractivity contribution in [3.63, 3.8) is 0 Å². The largest absolute Gasteiger partial charge is 0.393 e. The number of carbonyl (C=O) groups is 1. The summed E-state index contributed by atoms with van der Waals surface area (Å²) in [5.41, 5.74) is 0.437. The molecule has 4 heteroatoms. The van der Waals surface area contributed by atoms with Gasteiger partial charge in [-0.25, -0.2) is 0 Å². The van der Waals surface area contributed by atoms with Gasteiger partial charge in [-0.3, -0.25) is 9.78 Å². The zero-order valence-corrected chi connectivity index (χ0v) is 10.6. The van der Waals surface area contributed by atoms with Crippen molar-refractivity contribution in [3.05, 3.63) is 30.1 Å². The Morgan fingerprint density at radius 1 is 1.41 bits per heavy atom. The number of hydrogen-bond acceptors (Lipinski definition) is 3. The number of amides is 1. The van der Waals surface area contributed by atoms with Crippen molar-refractivity contribution in [3.8, 4) is 0 Å². The Labute approximate surface area is 102 Å². The van der Waals surface area contributed by atoms with Crippen LogP contribution in [0, 0.1) is 5.41 Å². The summed E-state index contributed by atoms with van der Waals surface area (Å²) in [5, 5.41) is 12.6. The molecule has 94 valence electrons. The molecule has 1 rings (SSSR count). The van der Waals surface area contributed by atoms with Crippen LogP contribution in [0.5, 0.6) is 0 Å². The van der Waals surface area contributed by atoms with Gasteiger partial charge in [-0.05, 0) is 24.0 Å². The highest BCUT2D eigenvalue weighted by Crippen LogP contribution is 2.20. The van der Waals surface area contributed by atoms with Gasteiger partial charge in [0.2, 0.25) is 0 Å². The zero-order valence-electron chi connectivity index (χ0n) is 10.6. The van der Waals surface area contributed by atoms with Crippen LogP contribution in [0.15, 0.2) is 24.5 Å². The molecule has 0 aliphatic rings. The number of nitrogens with one attached hydrogen (secondary N) is 1. The molecule has 17 heavy (non-hydrogen) atoms. The van der Waals surface area contributed by atoms with E-state index in [2.05, 4.69) is 10.3 Å². The molecule has 0 fully saturated rings. The van der Waals surface area contributed by atoms with Crippen LogP contribution in [0.1, 0.15) is 37.6 Å². The average Bonchev–Trinajstić information content (AvgIpc) is 2.28. The van der Waals surface area contributed by atoms with E-state index >= 15 is 0 Å². The first-order chi connectivity index (χ1) is 7.91. The lowest BCUT2D eigenvalue weighted by atomic mass is 9.87. The van der Waals surface area contributed by atoms with Crippen LogP contribution in [-0.2, 0) is 0 Å². The van der Waals surface area contributed by atoms with E-state index in [0.29, 0.717) is 18.5 Å². The van der Waals surface area contributed by atoms with E-state index in [0.717, 1.165) is 0 Å². The predicted octanol–water partition coefficient (Wildman–Crippen LogP) is 1.61. The average molecular weight is 236 g/mol. The van der Waals surface area contributed by atoms with Gasteiger partial charge in [0.05, 0.1) is 6.10 Å². The highest BCUT2D eigenvalue weighted by atomic mass is 16.3. The van der Waals surface area contributed by atoms with E-state index < -0.39 is 6.10 Å². The van der Waals surface area contributed by atoms with E-state index in [1.165, 1.54) is 0 Å². The zero-order chi connectivity index (χ0) is 12.9.